The molecule has 0 aliphatic carbocycles. The predicted octanol–water partition coefficient (Wildman–Crippen LogP) is 4.41. The van der Waals surface area contributed by atoms with Gasteiger partial charge in [0.25, 0.3) is 0 Å². The third-order valence-electron chi connectivity index (χ3n) is 4.23. The Morgan fingerprint density at radius 3 is 2.52 bits per heavy atom. The van der Waals surface area contributed by atoms with Crippen molar-refractivity contribution in [1.29, 1.82) is 0 Å². The SMILES string of the molecule is NC(=S)NN=C(CCCOC(=O)Nc1cccc2ccccc12)c1ccccc1. The molecule has 29 heavy (non-hydrogen) atoms. The average molecular weight is 407 g/mol. The Bertz CT molecular complexity index is 1020. The largest absolute Gasteiger partial charge is 0.449 e. The number of fused-ring (bicyclic) bond motifs is 1. The van der Waals surface area contributed by atoms with Crippen LogP contribution in [-0.4, -0.2) is 23.5 Å². The lowest BCUT2D eigenvalue weighted by Crippen LogP contribution is -2.25. The molecule has 6 nitrogen and oxygen atoms in total. The van der Waals surface area contributed by atoms with Gasteiger partial charge >= 0.3 is 6.09 Å². The highest BCUT2D eigenvalue weighted by atomic mass is 32.1. The second-order valence-electron chi connectivity index (χ2n) is 6.29. The van der Waals surface area contributed by atoms with Gasteiger partial charge in [-0.25, -0.2) is 4.79 Å². The Morgan fingerprint density at radius 1 is 1.00 bits per heavy atom. The molecule has 1 amide bonds. The van der Waals surface area contributed by atoms with E-state index in [4.69, 9.17) is 22.7 Å². The standard InChI is InChI=1S/C22H22N4O2S/c23-21(29)26-25-19(17-9-2-1-3-10-17)14-7-15-28-22(27)24-20-13-6-11-16-8-4-5-12-18(16)20/h1-6,8-13H,7,14-15H2,(H,24,27)(H3,23,26,29). The Morgan fingerprint density at radius 2 is 1.72 bits per heavy atom. The van der Waals surface area contributed by atoms with Gasteiger partial charge in [0.05, 0.1) is 18.0 Å². The van der Waals surface area contributed by atoms with Gasteiger partial charge in [0.2, 0.25) is 0 Å². The highest BCUT2D eigenvalue weighted by Gasteiger charge is 2.08. The second-order valence-corrected chi connectivity index (χ2v) is 6.73. The summed E-state index contributed by atoms with van der Waals surface area (Å²) < 4.78 is 5.33. The van der Waals surface area contributed by atoms with E-state index >= 15 is 0 Å². The molecule has 0 unspecified atom stereocenters. The predicted molar refractivity (Wildman–Crippen MR) is 121 cm³/mol. The molecule has 0 heterocycles. The molecule has 7 heteroatoms. The minimum atomic E-state index is -0.485. The van der Waals surface area contributed by atoms with Crippen LogP contribution in [0.3, 0.4) is 0 Å². The minimum Gasteiger partial charge on any atom is -0.449 e. The van der Waals surface area contributed by atoms with E-state index in [-0.39, 0.29) is 11.7 Å². The molecule has 0 atom stereocenters. The van der Waals surface area contributed by atoms with Crippen LogP contribution in [0.15, 0.2) is 77.9 Å². The third-order valence-corrected chi connectivity index (χ3v) is 4.32. The number of thiocarbonyl (C=S) groups is 1. The first-order chi connectivity index (χ1) is 14.1. The smallest absolute Gasteiger partial charge is 0.411 e. The maximum atomic E-state index is 12.2. The Hall–Kier alpha value is -3.45. The molecule has 0 fully saturated rings. The van der Waals surface area contributed by atoms with Crippen LogP contribution in [0.4, 0.5) is 10.5 Å². The van der Waals surface area contributed by atoms with E-state index in [1.165, 1.54) is 0 Å². The molecule has 0 aromatic heterocycles. The maximum absolute atomic E-state index is 12.2. The summed E-state index contributed by atoms with van der Waals surface area (Å²) in [5.74, 6) is 0. The minimum absolute atomic E-state index is 0.101. The molecule has 4 N–H and O–H groups in total. The van der Waals surface area contributed by atoms with Gasteiger partial charge in [0, 0.05) is 5.39 Å². The van der Waals surface area contributed by atoms with Crippen LogP contribution in [0.1, 0.15) is 18.4 Å². The van der Waals surface area contributed by atoms with Gasteiger partial charge in [-0.05, 0) is 42.1 Å². The number of benzene rings is 3. The van der Waals surface area contributed by atoms with E-state index in [1.807, 2.05) is 72.8 Å². The van der Waals surface area contributed by atoms with Crippen molar-refractivity contribution < 1.29 is 9.53 Å². The number of rotatable bonds is 7. The van der Waals surface area contributed by atoms with Crippen molar-refractivity contribution in [2.24, 2.45) is 10.8 Å². The molecule has 0 saturated heterocycles. The molecule has 148 valence electrons. The van der Waals surface area contributed by atoms with Crippen LogP contribution in [0.5, 0.6) is 0 Å². The van der Waals surface area contributed by atoms with Crippen molar-refractivity contribution >= 4 is 45.6 Å². The molecule has 0 saturated carbocycles. The molecule has 3 aromatic rings. The van der Waals surface area contributed by atoms with Crippen molar-refractivity contribution in [3.05, 3.63) is 78.4 Å². The zero-order chi connectivity index (χ0) is 20.5. The number of nitrogens with zero attached hydrogens (tertiary/aromatic N) is 1. The summed E-state index contributed by atoms with van der Waals surface area (Å²) >= 11 is 4.81. The van der Waals surface area contributed by atoms with Crippen molar-refractivity contribution in [3.63, 3.8) is 0 Å². The number of hydrazone groups is 1. The number of anilines is 1. The molecule has 3 rings (SSSR count). The molecule has 0 aliphatic heterocycles. The monoisotopic (exact) mass is 406 g/mol. The number of amides is 1. The van der Waals surface area contributed by atoms with Gasteiger partial charge in [-0.15, -0.1) is 0 Å². The highest BCUT2D eigenvalue weighted by Crippen LogP contribution is 2.23. The van der Waals surface area contributed by atoms with E-state index in [0.29, 0.717) is 12.8 Å². The summed E-state index contributed by atoms with van der Waals surface area (Å²) in [5.41, 5.74) is 10.5. The fourth-order valence-corrected chi connectivity index (χ4v) is 2.95. The number of nitrogens with one attached hydrogen (secondary N) is 2. The van der Waals surface area contributed by atoms with Crippen molar-refractivity contribution in [2.75, 3.05) is 11.9 Å². The average Bonchev–Trinajstić information content (AvgIpc) is 2.74. The summed E-state index contributed by atoms with van der Waals surface area (Å²) in [7, 11) is 0. The summed E-state index contributed by atoms with van der Waals surface area (Å²) in [6.07, 6.45) is 0.720. The van der Waals surface area contributed by atoms with Crippen LogP contribution >= 0.6 is 12.2 Å². The lowest BCUT2D eigenvalue weighted by atomic mass is 10.1. The van der Waals surface area contributed by atoms with Crippen molar-refractivity contribution in [1.82, 2.24) is 5.43 Å². The van der Waals surface area contributed by atoms with Crippen molar-refractivity contribution in [2.45, 2.75) is 12.8 Å². The van der Waals surface area contributed by atoms with E-state index in [1.54, 1.807) is 0 Å². The number of hydrogen-bond acceptors (Lipinski definition) is 4. The molecule has 3 aromatic carbocycles. The van der Waals surface area contributed by atoms with Crippen LogP contribution < -0.4 is 16.5 Å². The van der Waals surface area contributed by atoms with Crippen LogP contribution in [0.25, 0.3) is 10.8 Å². The number of carbonyl (C=O) groups excluding carboxylic acids is 1. The zero-order valence-corrected chi connectivity index (χ0v) is 16.6. The summed E-state index contributed by atoms with van der Waals surface area (Å²) in [6.45, 7) is 0.259. The third kappa shape index (κ3) is 6.02. The summed E-state index contributed by atoms with van der Waals surface area (Å²) in [4.78, 5) is 12.2. The number of hydrogen-bond donors (Lipinski definition) is 3. The molecular weight excluding hydrogens is 384 g/mol. The molecule has 0 aliphatic rings. The second kappa shape index (κ2) is 10.2. The summed E-state index contributed by atoms with van der Waals surface area (Å²) in [5, 5.41) is 9.19. The van der Waals surface area contributed by atoms with Crippen LogP contribution in [-0.2, 0) is 4.74 Å². The Balaban J connectivity index is 1.53. The van der Waals surface area contributed by atoms with E-state index in [2.05, 4.69) is 15.8 Å². The van der Waals surface area contributed by atoms with Crippen molar-refractivity contribution in [3.8, 4) is 0 Å². The molecule has 0 spiro atoms. The maximum Gasteiger partial charge on any atom is 0.411 e. The van der Waals surface area contributed by atoms with Gasteiger partial charge in [-0.2, -0.15) is 5.10 Å². The van der Waals surface area contributed by atoms with Gasteiger partial charge in [0.15, 0.2) is 5.11 Å². The van der Waals surface area contributed by atoms with E-state index in [9.17, 15) is 4.79 Å². The van der Waals surface area contributed by atoms with E-state index < -0.39 is 6.09 Å². The topological polar surface area (TPSA) is 88.7 Å². The number of ether oxygens (including phenoxy) is 1. The lowest BCUT2D eigenvalue weighted by Gasteiger charge is -2.10. The summed E-state index contributed by atoms with van der Waals surface area (Å²) in [6, 6.07) is 23.3. The number of carbonyl (C=O) groups is 1. The fraction of sp³-hybridized carbons (Fsp3) is 0.136. The lowest BCUT2D eigenvalue weighted by molar-refractivity contribution is 0.161. The van der Waals surface area contributed by atoms with Gasteiger partial charge in [0.1, 0.15) is 0 Å². The molecule has 0 bridgehead atoms. The molecular formula is C22H22N4O2S. The quantitative estimate of drug-likeness (QED) is 0.234. The zero-order valence-electron chi connectivity index (χ0n) is 15.8. The first-order valence-corrected chi connectivity index (χ1v) is 9.63. The molecule has 0 radical (unpaired) electrons. The van der Waals surface area contributed by atoms with Gasteiger partial charge < -0.3 is 10.5 Å². The highest BCUT2D eigenvalue weighted by molar-refractivity contribution is 7.80. The van der Waals surface area contributed by atoms with Crippen LogP contribution in [0, 0.1) is 0 Å². The Labute approximate surface area is 174 Å². The fourth-order valence-electron chi connectivity index (χ4n) is 2.90. The first-order valence-electron chi connectivity index (χ1n) is 9.22. The van der Waals surface area contributed by atoms with E-state index in [0.717, 1.165) is 27.7 Å². The number of nitrogens with two attached hydrogens (primary N) is 1. The normalized spacial score (nSPS) is 11.1. The Kier molecular flexibility index (Phi) is 7.13. The first kappa shape index (κ1) is 20.3. The van der Waals surface area contributed by atoms with Gasteiger partial charge in [-0.3, -0.25) is 10.7 Å². The van der Waals surface area contributed by atoms with Crippen LogP contribution in [0.2, 0.25) is 0 Å². The van der Waals surface area contributed by atoms with Gasteiger partial charge in [-0.1, -0.05) is 66.7 Å².